The number of ether oxygens (including phenoxy) is 2. The van der Waals surface area contributed by atoms with Crippen LogP contribution in [0.25, 0.3) is 5.57 Å². The zero-order valence-electron chi connectivity index (χ0n) is 13.7. The molecule has 6 heteroatoms. The van der Waals surface area contributed by atoms with Crippen LogP contribution in [0, 0.1) is 6.92 Å². The zero-order chi connectivity index (χ0) is 16.8. The lowest BCUT2D eigenvalue weighted by atomic mass is 10.2. The topological polar surface area (TPSA) is 51.7 Å². The molecular weight excluding hydrogens is 312 g/mol. The van der Waals surface area contributed by atoms with E-state index in [0.717, 1.165) is 21.3 Å². The molecule has 1 heterocycles. The van der Waals surface area contributed by atoms with Crippen LogP contribution in [0.3, 0.4) is 0 Å². The fourth-order valence-electron chi connectivity index (χ4n) is 2.02. The largest absolute Gasteiger partial charge is 0.487 e. The van der Waals surface area contributed by atoms with Crippen molar-refractivity contribution in [2.24, 2.45) is 0 Å². The number of benzene rings is 1. The van der Waals surface area contributed by atoms with Crippen LogP contribution in [0.5, 0.6) is 5.75 Å². The van der Waals surface area contributed by atoms with Crippen molar-refractivity contribution in [2.75, 3.05) is 21.2 Å². The van der Waals surface area contributed by atoms with Crippen LogP contribution in [0.4, 0.5) is 0 Å². The van der Waals surface area contributed by atoms with Gasteiger partial charge in [-0.15, -0.1) is 11.3 Å². The van der Waals surface area contributed by atoms with Gasteiger partial charge in [0.15, 0.2) is 0 Å². The van der Waals surface area contributed by atoms with Gasteiger partial charge in [0.1, 0.15) is 12.4 Å². The van der Waals surface area contributed by atoms with E-state index in [2.05, 4.69) is 4.98 Å². The summed E-state index contributed by atoms with van der Waals surface area (Å²) in [4.78, 5) is 19.2. The summed E-state index contributed by atoms with van der Waals surface area (Å²) in [6.45, 7) is 2.20. The van der Waals surface area contributed by atoms with Crippen LogP contribution in [-0.4, -0.2) is 37.1 Å². The molecule has 0 saturated heterocycles. The highest BCUT2D eigenvalue weighted by Gasteiger charge is 2.21. The summed E-state index contributed by atoms with van der Waals surface area (Å²) in [6, 6.07) is 9.52. The molecule has 122 valence electrons. The number of nitrogens with zero attached hydrogens (tertiary/aromatic N) is 2. The van der Waals surface area contributed by atoms with Crippen LogP contribution in [-0.2, 0) is 16.1 Å². The third-order valence-electron chi connectivity index (χ3n) is 2.96. The van der Waals surface area contributed by atoms with Crippen molar-refractivity contribution in [3.8, 4) is 5.75 Å². The number of hydrogen-bond donors (Lipinski definition) is 0. The highest BCUT2D eigenvalue weighted by atomic mass is 32.1. The van der Waals surface area contributed by atoms with E-state index in [1.807, 2.05) is 56.3 Å². The molecule has 0 aliphatic carbocycles. The van der Waals surface area contributed by atoms with Crippen molar-refractivity contribution in [3.05, 3.63) is 52.1 Å². The Labute approximate surface area is 140 Å². The number of hydrogen-bond acceptors (Lipinski definition) is 6. The second kappa shape index (κ2) is 7.78. The number of rotatable bonds is 6. The van der Waals surface area contributed by atoms with Gasteiger partial charge in [-0.3, -0.25) is 0 Å². The summed E-state index contributed by atoms with van der Waals surface area (Å²) < 4.78 is 10.7. The second-order valence-corrected chi connectivity index (χ2v) is 6.31. The van der Waals surface area contributed by atoms with E-state index < -0.39 is 0 Å². The Hall–Kier alpha value is -2.34. The average Bonchev–Trinajstić information content (AvgIpc) is 2.91. The third-order valence-corrected chi connectivity index (χ3v) is 4.01. The van der Waals surface area contributed by atoms with Gasteiger partial charge >= 0.3 is 5.97 Å². The number of para-hydroxylation sites is 1. The molecule has 0 N–H and O–H groups in total. The van der Waals surface area contributed by atoms with E-state index in [9.17, 15) is 4.79 Å². The molecule has 0 unspecified atom stereocenters. The zero-order valence-corrected chi connectivity index (χ0v) is 14.5. The fourth-order valence-corrected chi connectivity index (χ4v) is 2.94. The molecule has 0 aliphatic heterocycles. The number of carbonyl (C=O) groups excluding carboxylic acids is 1. The number of aryl methyl sites for hydroxylation is 1. The second-order valence-electron chi connectivity index (χ2n) is 5.11. The maximum atomic E-state index is 12.1. The molecule has 2 rings (SSSR count). The van der Waals surface area contributed by atoms with Crippen molar-refractivity contribution in [1.82, 2.24) is 9.88 Å². The van der Waals surface area contributed by atoms with Gasteiger partial charge in [0.25, 0.3) is 0 Å². The van der Waals surface area contributed by atoms with E-state index >= 15 is 0 Å². The van der Waals surface area contributed by atoms with Gasteiger partial charge in [-0.05, 0) is 19.1 Å². The molecule has 1 aromatic heterocycles. The van der Waals surface area contributed by atoms with E-state index in [1.54, 1.807) is 6.20 Å². The number of methoxy groups -OCH3 is 1. The lowest BCUT2D eigenvalue weighted by Gasteiger charge is -2.11. The fraction of sp³-hybridized carbons (Fsp3) is 0.294. The summed E-state index contributed by atoms with van der Waals surface area (Å²) in [5, 5.41) is 0.875. The van der Waals surface area contributed by atoms with E-state index in [-0.39, 0.29) is 5.97 Å². The molecular formula is C17H20N2O3S. The Bertz CT molecular complexity index is 693. The van der Waals surface area contributed by atoms with Crippen molar-refractivity contribution in [1.29, 1.82) is 0 Å². The molecule has 5 nitrogen and oxygen atoms in total. The number of thiazole rings is 1. The average molecular weight is 332 g/mol. The van der Waals surface area contributed by atoms with Gasteiger partial charge in [0.2, 0.25) is 0 Å². The Morgan fingerprint density at radius 1 is 1.30 bits per heavy atom. The van der Waals surface area contributed by atoms with Crippen LogP contribution in [0.2, 0.25) is 0 Å². The van der Waals surface area contributed by atoms with Gasteiger partial charge in [0, 0.05) is 20.3 Å². The summed E-state index contributed by atoms with van der Waals surface area (Å²) in [5.74, 6) is 0.378. The lowest BCUT2D eigenvalue weighted by Crippen LogP contribution is -2.11. The predicted molar refractivity (Wildman–Crippen MR) is 91.3 cm³/mol. The first kappa shape index (κ1) is 17.0. The smallest absolute Gasteiger partial charge is 0.340 e. The highest BCUT2D eigenvalue weighted by molar-refractivity contribution is 7.13. The van der Waals surface area contributed by atoms with Gasteiger partial charge < -0.3 is 14.4 Å². The van der Waals surface area contributed by atoms with Crippen LogP contribution in [0.1, 0.15) is 15.6 Å². The minimum absolute atomic E-state index is 0.297. The number of aromatic nitrogens is 1. The molecule has 2 aromatic rings. The molecule has 0 spiro atoms. The monoisotopic (exact) mass is 332 g/mol. The van der Waals surface area contributed by atoms with Gasteiger partial charge in [-0.1, -0.05) is 18.2 Å². The first-order chi connectivity index (χ1) is 11.0. The van der Waals surface area contributed by atoms with Crippen molar-refractivity contribution in [2.45, 2.75) is 13.5 Å². The minimum Gasteiger partial charge on any atom is -0.487 e. The lowest BCUT2D eigenvalue weighted by molar-refractivity contribution is -0.133. The molecule has 0 saturated carbocycles. The molecule has 0 atom stereocenters. The van der Waals surface area contributed by atoms with Crippen LogP contribution >= 0.6 is 11.3 Å². The summed E-state index contributed by atoms with van der Waals surface area (Å²) in [5.41, 5.74) is 1.21. The molecule has 23 heavy (non-hydrogen) atoms. The number of carbonyl (C=O) groups is 1. The quantitative estimate of drug-likeness (QED) is 0.601. The summed E-state index contributed by atoms with van der Waals surface area (Å²) in [7, 11) is 5.09. The van der Waals surface area contributed by atoms with Gasteiger partial charge in [0.05, 0.1) is 28.3 Å². The SMILES string of the molecule is COC(=O)C(=CN(C)C)c1sc(C)nc1COc1ccccc1. The molecule has 0 aliphatic rings. The first-order valence-electron chi connectivity index (χ1n) is 7.12. The number of esters is 1. The first-order valence-corrected chi connectivity index (χ1v) is 7.94. The van der Waals surface area contributed by atoms with Crippen LogP contribution in [0.15, 0.2) is 36.5 Å². The minimum atomic E-state index is -0.386. The van der Waals surface area contributed by atoms with Gasteiger partial charge in [-0.2, -0.15) is 0 Å². The molecule has 0 radical (unpaired) electrons. The Morgan fingerprint density at radius 3 is 2.61 bits per heavy atom. The highest BCUT2D eigenvalue weighted by Crippen LogP contribution is 2.28. The normalized spacial score (nSPS) is 11.2. The van der Waals surface area contributed by atoms with Crippen molar-refractivity contribution in [3.63, 3.8) is 0 Å². The summed E-state index contributed by atoms with van der Waals surface area (Å²) >= 11 is 1.46. The summed E-state index contributed by atoms with van der Waals surface area (Å²) in [6.07, 6.45) is 1.74. The molecule has 0 bridgehead atoms. The Kier molecular flexibility index (Phi) is 5.76. The maximum Gasteiger partial charge on any atom is 0.340 e. The van der Waals surface area contributed by atoms with Gasteiger partial charge in [-0.25, -0.2) is 9.78 Å². The molecule has 0 fully saturated rings. The van der Waals surface area contributed by atoms with Crippen LogP contribution < -0.4 is 4.74 Å². The van der Waals surface area contributed by atoms with E-state index in [4.69, 9.17) is 9.47 Å². The molecule has 0 amide bonds. The maximum absolute atomic E-state index is 12.1. The third kappa shape index (κ3) is 4.56. The Morgan fingerprint density at radius 2 is 2.00 bits per heavy atom. The molecule has 1 aromatic carbocycles. The van der Waals surface area contributed by atoms with E-state index in [1.165, 1.54) is 18.4 Å². The Balaban J connectivity index is 2.29. The van der Waals surface area contributed by atoms with E-state index in [0.29, 0.717) is 12.2 Å². The van der Waals surface area contributed by atoms with Crippen molar-refractivity contribution >= 4 is 22.9 Å². The van der Waals surface area contributed by atoms with Crippen molar-refractivity contribution < 1.29 is 14.3 Å². The standard InChI is InChI=1S/C17H20N2O3S/c1-12-18-15(11-22-13-8-6-5-7-9-13)16(23-12)14(10-19(2)3)17(20)21-4/h5-10H,11H2,1-4H3. The predicted octanol–water partition coefficient (Wildman–Crippen LogP) is 3.11.